The molecule has 0 saturated carbocycles. The highest BCUT2D eigenvalue weighted by molar-refractivity contribution is 7.89. The van der Waals surface area contributed by atoms with Crippen molar-refractivity contribution in [3.63, 3.8) is 0 Å². The van der Waals surface area contributed by atoms with Gasteiger partial charge >= 0.3 is 0 Å². The Bertz CT molecular complexity index is 1090. The summed E-state index contributed by atoms with van der Waals surface area (Å²) in [7, 11) is -3.66. The van der Waals surface area contributed by atoms with Gasteiger partial charge in [0, 0.05) is 36.6 Å². The van der Waals surface area contributed by atoms with Crippen LogP contribution >= 0.6 is 0 Å². The fourth-order valence-electron chi connectivity index (χ4n) is 2.83. The van der Waals surface area contributed by atoms with Crippen molar-refractivity contribution in [3.8, 4) is 11.4 Å². The Morgan fingerprint density at radius 2 is 1.93 bits per heavy atom. The van der Waals surface area contributed by atoms with Crippen LogP contribution in [0.1, 0.15) is 29.1 Å². The van der Waals surface area contributed by atoms with Crippen molar-refractivity contribution < 1.29 is 17.7 Å². The van der Waals surface area contributed by atoms with Crippen LogP contribution in [0.25, 0.3) is 11.4 Å². The van der Waals surface area contributed by atoms with Crippen molar-refractivity contribution in [2.75, 3.05) is 13.1 Å². The zero-order valence-electron chi connectivity index (χ0n) is 14.4. The lowest BCUT2D eigenvalue weighted by Crippen LogP contribution is -2.48. The molecule has 4 rings (SSSR count). The summed E-state index contributed by atoms with van der Waals surface area (Å²) in [5.74, 6) is 0.524. The minimum Gasteiger partial charge on any atom is -0.339 e. The summed E-state index contributed by atoms with van der Waals surface area (Å²) in [6, 6.07) is 9.60. The average Bonchev–Trinajstić information content (AvgIpc) is 3.10. The van der Waals surface area contributed by atoms with E-state index in [1.54, 1.807) is 36.7 Å². The van der Waals surface area contributed by atoms with E-state index >= 15 is 0 Å². The fourth-order valence-corrected chi connectivity index (χ4v) is 4.41. The Morgan fingerprint density at radius 3 is 2.63 bits per heavy atom. The van der Waals surface area contributed by atoms with Gasteiger partial charge in [-0.2, -0.15) is 9.29 Å². The van der Waals surface area contributed by atoms with E-state index in [0.717, 1.165) is 5.56 Å². The molecule has 3 aromatic rings. The van der Waals surface area contributed by atoms with E-state index in [-0.39, 0.29) is 29.7 Å². The molecule has 0 amide bonds. The van der Waals surface area contributed by atoms with Crippen LogP contribution in [0.2, 0.25) is 0 Å². The van der Waals surface area contributed by atoms with Crippen LogP contribution in [0.4, 0.5) is 0 Å². The summed E-state index contributed by atoms with van der Waals surface area (Å²) in [6.07, 6.45) is 3.27. The minimum absolute atomic E-state index is 0.108. The first-order valence-electron chi connectivity index (χ1n) is 8.30. The van der Waals surface area contributed by atoms with Crippen molar-refractivity contribution in [3.05, 3.63) is 60.2 Å². The Balaban J connectivity index is 1.48. The van der Waals surface area contributed by atoms with Crippen LogP contribution < -0.4 is 0 Å². The molecule has 1 aliphatic heterocycles. The molecule has 2 aromatic heterocycles. The Hall–Kier alpha value is -2.91. The number of hydrogen-bond donors (Lipinski definition) is 0. The first kappa shape index (κ1) is 17.5. The van der Waals surface area contributed by atoms with Gasteiger partial charge in [-0.1, -0.05) is 17.3 Å². The minimum atomic E-state index is -3.66. The quantitative estimate of drug-likeness (QED) is 0.620. The molecule has 138 valence electrons. The van der Waals surface area contributed by atoms with Crippen LogP contribution in [0.3, 0.4) is 0 Å². The number of ketones is 1. The summed E-state index contributed by atoms with van der Waals surface area (Å²) in [5, 5.41) is 3.95. The van der Waals surface area contributed by atoms with Crippen molar-refractivity contribution in [1.82, 2.24) is 19.4 Å². The smallest absolute Gasteiger partial charge is 0.243 e. The lowest BCUT2D eigenvalue weighted by molar-refractivity contribution is 0.101. The first-order chi connectivity index (χ1) is 12.9. The Kier molecular flexibility index (Phi) is 4.33. The molecule has 1 aliphatic rings. The number of carbonyl (C=O) groups excluding carboxylic acids is 1. The number of aromatic nitrogens is 3. The van der Waals surface area contributed by atoms with E-state index in [4.69, 9.17) is 4.52 Å². The Labute approximate surface area is 155 Å². The normalized spacial score (nSPS) is 15.4. The highest BCUT2D eigenvalue weighted by Crippen LogP contribution is 2.32. The van der Waals surface area contributed by atoms with Gasteiger partial charge in [-0.05, 0) is 31.2 Å². The van der Waals surface area contributed by atoms with Gasteiger partial charge in [-0.15, -0.1) is 0 Å². The van der Waals surface area contributed by atoms with Crippen LogP contribution in [0.15, 0.2) is 58.2 Å². The SMILES string of the molecule is CC(=O)c1cccc(S(=O)(=O)N2CC(c3nc(-c4ccncc4)no3)C2)c1. The molecule has 0 radical (unpaired) electrons. The summed E-state index contributed by atoms with van der Waals surface area (Å²) < 4.78 is 32.1. The Morgan fingerprint density at radius 1 is 1.19 bits per heavy atom. The number of pyridine rings is 1. The lowest BCUT2D eigenvalue weighted by atomic mass is 10.0. The molecule has 1 aromatic carbocycles. The van der Waals surface area contributed by atoms with Crippen molar-refractivity contribution in [1.29, 1.82) is 0 Å². The molecule has 0 unspecified atom stereocenters. The highest BCUT2D eigenvalue weighted by atomic mass is 32.2. The fraction of sp³-hybridized carbons (Fsp3) is 0.222. The van der Waals surface area contributed by atoms with Crippen molar-refractivity contribution in [2.24, 2.45) is 0 Å². The second-order valence-corrected chi connectivity index (χ2v) is 8.23. The second-order valence-electron chi connectivity index (χ2n) is 6.30. The maximum atomic E-state index is 12.7. The topological polar surface area (TPSA) is 106 Å². The number of carbonyl (C=O) groups is 1. The van der Waals surface area contributed by atoms with Gasteiger partial charge in [0.05, 0.1) is 10.8 Å². The molecule has 8 nitrogen and oxygen atoms in total. The van der Waals surface area contributed by atoms with E-state index < -0.39 is 10.0 Å². The predicted octanol–water partition coefficient (Wildman–Crippen LogP) is 2.12. The number of nitrogens with zero attached hydrogens (tertiary/aromatic N) is 4. The second kappa shape index (κ2) is 6.67. The number of hydrogen-bond acceptors (Lipinski definition) is 7. The van der Waals surface area contributed by atoms with E-state index in [1.165, 1.54) is 23.4 Å². The van der Waals surface area contributed by atoms with Gasteiger partial charge in [-0.25, -0.2) is 8.42 Å². The molecular formula is C18H16N4O4S. The van der Waals surface area contributed by atoms with E-state index in [0.29, 0.717) is 17.3 Å². The molecule has 1 fully saturated rings. The van der Waals surface area contributed by atoms with Gasteiger partial charge < -0.3 is 4.52 Å². The van der Waals surface area contributed by atoms with E-state index in [9.17, 15) is 13.2 Å². The highest BCUT2D eigenvalue weighted by Gasteiger charge is 2.40. The lowest BCUT2D eigenvalue weighted by Gasteiger charge is -2.35. The standard InChI is InChI=1S/C18H16N4O4S/c1-12(23)14-3-2-4-16(9-14)27(24,25)22-10-15(11-22)18-20-17(21-26-18)13-5-7-19-8-6-13/h2-9,15H,10-11H2,1H3. The maximum absolute atomic E-state index is 12.7. The summed E-state index contributed by atoms with van der Waals surface area (Å²) in [6.45, 7) is 1.91. The average molecular weight is 384 g/mol. The van der Waals surface area contributed by atoms with Crippen molar-refractivity contribution >= 4 is 15.8 Å². The third kappa shape index (κ3) is 3.26. The van der Waals surface area contributed by atoms with E-state index in [2.05, 4.69) is 15.1 Å². The van der Waals surface area contributed by atoms with Gasteiger partial charge in [0.15, 0.2) is 5.78 Å². The monoisotopic (exact) mass is 384 g/mol. The molecule has 0 spiro atoms. The zero-order valence-corrected chi connectivity index (χ0v) is 15.3. The van der Waals surface area contributed by atoms with Gasteiger partial charge in [-0.3, -0.25) is 9.78 Å². The molecule has 3 heterocycles. The summed E-state index contributed by atoms with van der Waals surface area (Å²) >= 11 is 0. The molecule has 0 atom stereocenters. The first-order valence-corrected chi connectivity index (χ1v) is 9.74. The molecule has 0 aliphatic carbocycles. The van der Waals surface area contributed by atoms with Gasteiger partial charge in [0.1, 0.15) is 0 Å². The molecular weight excluding hydrogens is 368 g/mol. The van der Waals surface area contributed by atoms with Crippen LogP contribution in [-0.4, -0.2) is 46.7 Å². The summed E-state index contributed by atoms with van der Waals surface area (Å²) in [5.41, 5.74) is 1.15. The number of Topliss-reactive ketones (excluding diaryl/α,β-unsaturated/α-hetero) is 1. The molecule has 0 bridgehead atoms. The third-order valence-electron chi connectivity index (χ3n) is 4.46. The number of sulfonamides is 1. The molecule has 9 heteroatoms. The maximum Gasteiger partial charge on any atom is 0.243 e. The molecule has 27 heavy (non-hydrogen) atoms. The molecule has 1 saturated heterocycles. The third-order valence-corrected chi connectivity index (χ3v) is 6.28. The van der Waals surface area contributed by atoms with Gasteiger partial charge in [0.25, 0.3) is 0 Å². The van der Waals surface area contributed by atoms with Crippen LogP contribution in [0.5, 0.6) is 0 Å². The number of benzene rings is 1. The van der Waals surface area contributed by atoms with Crippen LogP contribution in [-0.2, 0) is 10.0 Å². The number of rotatable bonds is 5. The predicted molar refractivity (Wildman–Crippen MR) is 95.5 cm³/mol. The largest absolute Gasteiger partial charge is 0.339 e. The van der Waals surface area contributed by atoms with Crippen LogP contribution in [0, 0.1) is 0 Å². The van der Waals surface area contributed by atoms with Gasteiger partial charge in [0.2, 0.25) is 21.7 Å². The van der Waals surface area contributed by atoms with E-state index in [1.807, 2.05) is 0 Å². The van der Waals surface area contributed by atoms with Crippen molar-refractivity contribution in [2.45, 2.75) is 17.7 Å². The molecule has 0 N–H and O–H groups in total. The summed E-state index contributed by atoms with van der Waals surface area (Å²) in [4.78, 5) is 19.9. The zero-order chi connectivity index (χ0) is 19.0.